The molecular weight excluding hydrogens is 484 g/mol. The second-order valence-corrected chi connectivity index (χ2v) is 9.12. The Bertz CT molecular complexity index is 938. The summed E-state index contributed by atoms with van der Waals surface area (Å²) in [7, 11) is 0. The molecule has 0 aliphatic heterocycles. The molecule has 0 aromatic heterocycles. The Balaban J connectivity index is 2.94. The molecule has 37 heavy (non-hydrogen) atoms. The normalized spacial score (nSPS) is 14.2. The number of carbonyl (C=O) groups excluding carboxylic acids is 4. The highest BCUT2D eigenvalue weighted by atomic mass is 16.4. The van der Waals surface area contributed by atoms with E-state index in [1.807, 2.05) is 0 Å². The van der Waals surface area contributed by atoms with Crippen molar-refractivity contribution in [1.82, 2.24) is 16.0 Å². The zero-order valence-electron chi connectivity index (χ0n) is 21.1. The summed E-state index contributed by atoms with van der Waals surface area (Å²) in [6.07, 6.45) is 0.890. The van der Waals surface area contributed by atoms with Gasteiger partial charge < -0.3 is 43.4 Å². The molecule has 13 nitrogen and oxygen atoms in total. The number of benzene rings is 1. The minimum absolute atomic E-state index is 0.0754. The second-order valence-electron chi connectivity index (χ2n) is 9.12. The first kappa shape index (κ1) is 31.3. The number of unbranched alkanes of at least 4 members (excludes halogenated alkanes) is 1. The molecule has 1 aromatic rings. The largest absolute Gasteiger partial charge is 0.508 e. The number of primary amides is 1. The van der Waals surface area contributed by atoms with Crippen LogP contribution in [0.5, 0.6) is 5.75 Å². The summed E-state index contributed by atoms with van der Waals surface area (Å²) in [5, 5.41) is 26.1. The fourth-order valence-electron chi connectivity index (χ4n) is 3.47. The van der Waals surface area contributed by atoms with E-state index in [4.69, 9.17) is 17.2 Å². The number of aromatic hydroxyl groups is 1. The molecule has 0 spiro atoms. The van der Waals surface area contributed by atoms with Gasteiger partial charge in [0.1, 0.15) is 23.9 Å². The second kappa shape index (κ2) is 15.4. The van der Waals surface area contributed by atoms with Gasteiger partial charge in [0, 0.05) is 0 Å². The summed E-state index contributed by atoms with van der Waals surface area (Å²) in [5.41, 5.74) is 17.3. The Morgan fingerprint density at radius 2 is 1.49 bits per heavy atom. The molecule has 1 rings (SSSR count). The lowest BCUT2D eigenvalue weighted by Crippen LogP contribution is -2.58. The van der Waals surface area contributed by atoms with Crippen LogP contribution in [0.25, 0.3) is 0 Å². The summed E-state index contributed by atoms with van der Waals surface area (Å²) in [6.45, 7) is 3.67. The lowest BCUT2D eigenvalue weighted by molar-refractivity contribution is -0.144. The summed E-state index contributed by atoms with van der Waals surface area (Å²) in [6, 6.07) is 1.48. The lowest BCUT2D eigenvalue weighted by Gasteiger charge is -2.27. The van der Waals surface area contributed by atoms with Gasteiger partial charge in [-0.05, 0) is 55.8 Å². The average molecular weight is 523 g/mol. The maximum Gasteiger partial charge on any atom is 0.326 e. The number of hydrogen-bond donors (Lipinski definition) is 8. The molecule has 4 amide bonds. The number of phenols is 1. The standard InChI is InChI=1S/C24H38N6O7/c1-13(2)20(23(35)29-18(24(36)37)12-19(27)32)30-22(34)17(5-3-4-10-25)28-21(33)16(26)11-14-6-8-15(31)9-7-14/h6-9,13,16-18,20,31H,3-5,10-12,25-26H2,1-2H3,(H2,27,32)(H,28,33)(H,29,35)(H,30,34)(H,36,37). The van der Waals surface area contributed by atoms with Crippen LogP contribution in [0.3, 0.4) is 0 Å². The van der Waals surface area contributed by atoms with E-state index in [2.05, 4.69) is 16.0 Å². The van der Waals surface area contributed by atoms with Crippen molar-refractivity contribution < 1.29 is 34.2 Å². The number of hydrogen-bond acceptors (Lipinski definition) is 8. The van der Waals surface area contributed by atoms with Gasteiger partial charge in [-0.2, -0.15) is 0 Å². The third-order valence-electron chi connectivity index (χ3n) is 5.58. The van der Waals surface area contributed by atoms with Crippen LogP contribution in [0.15, 0.2) is 24.3 Å². The van der Waals surface area contributed by atoms with Crippen molar-refractivity contribution in [3.8, 4) is 5.75 Å². The van der Waals surface area contributed by atoms with Gasteiger partial charge in [0.25, 0.3) is 0 Å². The van der Waals surface area contributed by atoms with Crippen LogP contribution in [0.2, 0.25) is 0 Å². The molecule has 0 saturated heterocycles. The molecule has 4 unspecified atom stereocenters. The van der Waals surface area contributed by atoms with E-state index < -0.39 is 66.1 Å². The van der Waals surface area contributed by atoms with Crippen LogP contribution >= 0.6 is 0 Å². The van der Waals surface area contributed by atoms with Gasteiger partial charge in [0.05, 0.1) is 12.5 Å². The molecule has 206 valence electrons. The van der Waals surface area contributed by atoms with Gasteiger partial charge in [0.2, 0.25) is 23.6 Å². The first-order valence-electron chi connectivity index (χ1n) is 12.0. The van der Waals surface area contributed by atoms with Crippen LogP contribution < -0.4 is 33.2 Å². The summed E-state index contributed by atoms with van der Waals surface area (Å²) in [4.78, 5) is 61.2. The predicted octanol–water partition coefficient (Wildman–Crippen LogP) is -1.54. The summed E-state index contributed by atoms with van der Waals surface area (Å²) >= 11 is 0. The van der Waals surface area contributed by atoms with Gasteiger partial charge in [-0.3, -0.25) is 19.2 Å². The Morgan fingerprint density at radius 1 is 0.892 bits per heavy atom. The van der Waals surface area contributed by atoms with Crippen LogP contribution in [0.1, 0.15) is 45.1 Å². The average Bonchev–Trinajstić information content (AvgIpc) is 2.82. The molecule has 0 bridgehead atoms. The van der Waals surface area contributed by atoms with E-state index >= 15 is 0 Å². The van der Waals surface area contributed by atoms with Crippen molar-refractivity contribution in [2.24, 2.45) is 23.1 Å². The Labute approximate surface area is 215 Å². The predicted molar refractivity (Wildman–Crippen MR) is 135 cm³/mol. The van der Waals surface area contributed by atoms with Gasteiger partial charge in [-0.15, -0.1) is 0 Å². The molecule has 0 saturated carbocycles. The number of nitrogens with two attached hydrogens (primary N) is 3. The van der Waals surface area contributed by atoms with Crippen LogP contribution in [0.4, 0.5) is 0 Å². The van der Waals surface area contributed by atoms with Crippen LogP contribution in [0, 0.1) is 5.92 Å². The molecule has 0 heterocycles. The smallest absolute Gasteiger partial charge is 0.326 e. The minimum Gasteiger partial charge on any atom is -0.508 e. The summed E-state index contributed by atoms with van der Waals surface area (Å²) in [5.74, 6) is -4.79. The highest BCUT2D eigenvalue weighted by Crippen LogP contribution is 2.12. The molecule has 13 heteroatoms. The monoisotopic (exact) mass is 522 g/mol. The van der Waals surface area contributed by atoms with E-state index in [1.54, 1.807) is 26.0 Å². The van der Waals surface area contributed by atoms with Crippen molar-refractivity contribution in [1.29, 1.82) is 0 Å². The quantitative estimate of drug-likeness (QED) is 0.117. The van der Waals surface area contributed by atoms with E-state index in [1.165, 1.54) is 12.1 Å². The van der Waals surface area contributed by atoms with Crippen molar-refractivity contribution in [2.75, 3.05) is 6.54 Å². The zero-order valence-corrected chi connectivity index (χ0v) is 21.1. The fourth-order valence-corrected chi connectivity index (χ4v) is 3.47. The molecule has 0 aliphatic rings. The van der Waals surface area contributed by atoms with Crippen molar-refractivity contribution in [2.45, 2.75) is 70.1 Å². The fraction of sp³-hybridized carbons (Fsp3) is 0.542. The molecule has 0 aliphatic carbocycles. The number of nitrogens with one attached hydrogen (secondary N) is 3. The van der Waals surface area contributed by atoms with Gasteiger partial charge in [-0.1, -0.05) is 26.0 Å². The van der Waals surface area contributed by atoms with Gasteiger partial charge >= 0.3 is 5.97 Å². The molecular formula is C24H38N6O7. The van der Waals surface area contributed by atoms with Crippen LogP contribution in [-0.2, 0) is 30.4 Å². The third kappa shape index (κ3) is 11.3. The van der Waals surface area contributed by atoms with Gasteiger partial charge in [-0.25, -0.2) is 4.79 Å². The van der Waals surface area contributed by atoms with Crippen molar-refractivity contribution in [3.63, 3.8) is 0 Å². The Morgan fingerprint density at radius 3 is 2.00 bits per heavy atom. The number of carboxylic acids is 1. The van der Waals surface area contributed by atoms with Gasteiger partial charge in [0.15, 0.2) is 0 Å². The minimum atomic E-state index is -1.55. The summed E-state index contributed by atoms with van der Waals surface area (Å²) < 4.78 is 0. The first-order valence-corrected chi connectivity index (χ1v) is 12.0. The van der Waals surface area contributed by atoms with E-state index in [0.717, 1.165) is 0 Å². The maximum absolute atomic E-state index is 13.1. The topological polar surface area (TPSA) is 240 Å². The van der Waals surface area contributed by atoms with Crippen LogP contribution in [-0.4, -0.2) is 70.5 Å². The number of phenolic OH excluding ortho intramolecular Hbond substituents is 1. The van der Waals surface area contributed by atoms with E-state index in [9.17, 15) is 34.2 Å². The number of amides is 4. The van der Waals surface area contributed by atoms with Crippen molar-refractivity contribution >= 4 is 29.6 Å². The number of aliphatic carboxylic acids is 1. The maximum atomic E-state index is 13.1. The number of carbonyl (C=O) groups is 5. The molecule has 4 atom stereocenters. The Hall–Kier alpha value is -3.71. The SMILES string of the molecule is CC(C)C(NC(=O)C(CCCCN)NC(=O)C(N)Cc1ccc(O)cc1)C(=O)NC(CC(N)=O)C(=O)O. The molecule has 0 radical (unpaired) electrons. The molecule has 0 fully saturated rings. The highest BCUT2D eigenvalue weighted by Gasteiger charge is 2.32. The third-order valence-corrected chi connectivity index (χ3v) is 5.58. The number of rotatable bonds is 16. The highest BCUT2D eigenvalue weighted by molar-refractivity contribution is 5.95. The number of carboxylic acid groups (broad SMARTS) is 1. The molecule has 1 aromatic carbocycles. The van der Waals surface area contributed by atoms with E-state index in [-0.39, 0.29) is 18.6 Å². The Kier molecular flexibility index (Phi) is 13.0. The zero-order chi connectivity index (χ0) is 28.1. The first-order chi connectivity index (χ1) is 17.3. The van der Waals surface area contributed by atoms with E-state index in [0.29, 0.717) is 24.9 Å². The lowest BCUT2D eigenvalue weighted by atomic mass is 10.0. The van der Waals surface area contributed by atoms with Crippen molar-refractivity contribution in [3.05, 3.63) is 29.8 Å². The molecule has 11 N–H and O–H groups in total.